The predicted molar refractivity (Wildman–Crippen MR) is 109 cm³/mol. The zero-order valence-electron chi connectivity index (χ0n) is 16.0. The molecular formula is C24H23NO3. The first-order chi connectivity index (χ1) is 13.5. The monoisotopic (exact) mass is 373 g/mol. The standard InChI is InChI=1S/C24H23NO3/c1-15(2)17-12-11-16(13-23(17)26)25-24(27)28-14-22-20-9-5-3-7-18(20)19-8-4-6-10-21(19)22/h3-13,15,17,22H,14H2,1-2H3,(H,25,27). The fourth-order valence-corrected chi connectivity index (χ4v) is 3.98. The molecule has 2 aliphatic carbocycles. The summed E-state index contributed by atoms with van der Waals surface area (Å²) in [6.07, 6.45) is 4.54. The van der Waals surface area contributed by atoms with Gasteiger partial charge in [-0.1, -0.05) is 68.5 Å². The van der Waals surface area contributed by atoms with Crippen molar-refractivity contribution in [1.82, 2.24) is 5.32 Å². The lowest BCUT2D eigenvalue weighted by Gasteiger charge is -2.19. The maximum Gasteiger partial charge on any atom is 0.411 e. The van der Waals surface area contributed by atoms with E-state index in [4.69, 9.17) is 4.74 Å². The molecule has 4 rings (SSSR count). The molecular weight excluding hydrogens is 350 g/mol. The SMILES string of the molecule is CC(C)C1C=CC(NC(=O)OCC2c3ccccc3-c3ccccc32)=CC1=O. The quantitative estimate of drug-likeness (QED) is 0.836. The van der Waals surface area contributed by atoms with E-state index in [1.54, 1.807) is 6.08 Å². The maximum atomic E-state index is 12.3. The van der Waals surface area contributed by atoms with E-state index in [-0.39, 0.29) is 30.1 Å². The van der Waals surface area contributed by atoms with Gasteiger partial charge in [0.15, 0.2) is 5.78 Å². The van der Waals surface area contributed by atoms with Gasteiger partial charge in [-0.2, -0.15) is 0 Å². The topological polar surface area (TPSA) is 55.4 Å². The van der Waals surface area contributed by atoms with Gasteiger partial charge in [-0.25, -0.2) is 4.79 Å². The Morgan fingerprint density at radius 1 is 1.04 bits per heavy atom. The predicted octanol–water partition coefficient (Wildman–Crippen LogP) is 4.82. The van der Waals surface area contributed by atoms with Crippen LogP contribution < -0.4 is 5.32 Å². The third-order valence-electron chi connectivity index (χ3n) is 5.42. The molecule has 0 saturated heterocycles. The summed E-state index contributed by atoms with van der Waals surface area (Å²) in [5.74, 6) is 0.122. The van der Waals surface area contributed by atoms with Crippen molar-refractivity contribution in [3.63, 3.8) is 0 Å². The van der Waals surface area contributed by atoms with E-state index >= 15 is 0 Å². The first-order valence-electron chi connectivity index (χ1n) is 9.60. The van der Waals surface area contributed by atoms with Crippen LogP contribution in [0, 0.1) is 11.8 Å². The highest BCUT2D eigenvalue weighted by molar-refractivity contribution is 5.96. The number of hydrogen-bond donors (Lipinski definition) is 1. The smallest absolute Gasteiger partial charge is 0.411 e. The van der Waals surface area contributed by atoms with Gasteiger partial charge in [0.05, 0.1) is 0 Å². The molecule has 2 aliphatic rings. The Morgan fingerprint density at radius 3 is 2.21 bits per heavy atom. The number of alkyl carbamates (subject to hydrolysis) is 1. The van der Waals surface area contributed by atoms with E-state index < -0.39 is 6.09 Å². The summed E-state index contributed by atoms with van der Waals surface area (Å²) in [6.45, 7) is 4.26. The molecule has 0 aromatic heterocycles. The number of hydrogen-bond acceptors (Lipinski definition) is 3. The van der Waals surface area contributed by atoms with E-state index in [1.165, 1.54) is 28.3 Å². The normalized spacial score (nSPS) is 17.9. The van der Waals surface area contributed by atoms with Gasteiger partial charge in [-0.15, -0.1) is 0 Å². The number of amides is 1. The minimum atomic E-state index is -0.548. The van der Waals surface area contributed by atoms with Crippen LogP contribution in [0.3, 0.4) is 0 Å². The maximum absolute atomic E-state index is 12.3. The number of carbonyl (C=O) groups is 2. The van der Waals surface area contributed by atoms with Crippen molar-refractivity contribution in [2.45, 2.75) is 19.8 Å². The zero-order valence-corrected chi connectivity index (χ0v) is 16.0. The van der Waals surface area contributed by atoms with Gasteiger partial charge < -0.3 is 4.74 Å². The van der Waals surface area contributed by atoms with Gasteiger partial charge in [-0.05, 0) is 34.2 Å². The van der Waals surface area contributed by atoms with Gasteiger partial charge in [0.2, 0.25) is 0 Å². The molecule has 1 unspecified atom stereocenters. The first-order valence-corrected chi connectivity index (χ1v) is 9.60. The molecule has 2 aromatic carbocycles. The molecule has 1 atom stereocenters. The highest BCUT2D eigenvalue weighted by atomic mass is 16.5. The van der Waals surface area contributed by atoms with E-state index in [1.807, 2.05) is 44.2 Å². The summed E-state index contributed by atoms with van der Waals surface area (Å²) in [7, 11) is 0. The van der Waals surface area contributed by atoms with E-state index in [0.717, 1.165) is 0 Å². The molecule has 28 heavy (non-hydrogen) atoms. The third-order valence-corrected chi connectivity index (χ3v) is 5.42. The van der Waals surface area contributed by atoms with Crippen LogP contribution in [0.5, 0.6) is 0 Å². The Hall–Kier alpha value is -3.14. The van der Waals surface area contributed by atoms with Crippen LogP contribution in [-0.2, 0) is 9.53 Å². The van der Waals surface area contributed by atoms with E-state index in [0.29, 0.717) is 5.70 Å². The largest absolute Gasteiger partial charge is 0.448 e. The molecule has 1 N–H and O–H groups in total. The molecule has 0 saturated carbocycles. The van der Waals surface area contributed by atoms with Crippen LogP contribution in [0.2, 0.25) is 0 Å². The van der Waals surface area contributed by atoms with Crippen LogP contribution in [0.1, 0.15) is 30.9 Å². The Bertz CT molecular complexity index is 941. The number of ether oxygens (including phenoxy) is 1. The Morgan fingerprint density at radius 2 is 1.64 bits per heavy atom. The molecule has 0 spiro atoms. The van der Waals surface area contributed by atoms with E-state index in [2.05, 4.69) is 29.6 Å². The lowest BCUT2D eigenvalue weighted by Crippen LogP contribution is -2.28. The van der Waals surface area contributed by atoms with E-state index in [9.17, 15) is 9.59 Å². The van der Waals surface area contributed by atoms with Gasteiger partial charge in [0.1, 0.15) is 6.61 Å². The highest BCUT2D eigenvalue weighted by Crippen LogP contribution is 2.44. The molecule has 142 valence electrons. The molecule has 0 radical (unpaired) electrons. The fraction of sp³-hybridized carbons (Fsp3) is 0.250. The molecule has 4 nitrogen and oxygen atoms in total. The van der Waals surface area contributed by atoms with Crippen molar-refractivity contribution in [3.05, 3.63) is 83.6 Å². The summed E-state index contributed by atoms with van der Waals surface area (Å²) >= 11 is 0. The van der Waals surface area contributed by atoms with Gasteiger partial charge >= 0.3 is 6.09 Å². The summed E-state index contributed by atoms with van der Waals surface area (Å²) in [5.41, 5.74) is 5.19. The second-order valence-electron chi connectivity index (χ2n) is 7.58. The number of rotatable bonds is 4. The van der Waals surface area contributed by atoms with Crippen molar-refractivity contribution < 1.29 is 14.3 Å². The minimum absolute atomic E-state index is 0.00597. The van der Waals surface area contributed by atoms with Crippen molar-refractivity contribution in [2.75, 3.05) is 6.61 Å². The second-order valence-corrected chi connectivity index (χ2v) is 7.58. The molecule has 1 amide bonds. The molecule has 0 aliphatic heterocycles. The summed E-state index contributed by atoms with van der Waals surface area (Å²) < 4.78 is 5.52. The highest BCUT2D eigenvalue weighted by Gasteiger charge is 2.29. The van der Waals surface area contributed by atoms with Crippen molar-refractivity contribution in [1.29, 1.82) is 0 Å². The van der Waals surface area contributed by atoms with Gasteiger partial charge in [0, 0.05) is 23.6 Å². The van der Waals surface area contributed by atoms with Crippen LogP contribution in [0.15, 0.2) is 72.5 Å². The average molecular weight is 373 g/mol. The molecule has 2 aromatic rings. The Balaban J connectivity index is 1.43. The molecule has 0 fully saturated rings. The van der Waals surface area contributed by atoms with Crippen LogP contribution in [0.25, 0.3) is 11.1 Å². The fourth-order valence-electron chi connectivity index (χ4n) is 3.98. The molecule has 4 heteroatoms. The number of ketones is 1. The first kappa shape index (κ1) is 18.2. The van der Waals surface area contributed by atoms with Crippen molar-refractivity contribution in [3.8, 4) is 11.1 Å². The lowest BCUT2D eigenvalue weighted by atomic mass is 9.88. The Labute approximate surface area is 164 Å². The van der Waals surface area contributed by atoms with Crippen molar-refractivity contribution >= 4 is 11.9 Å². The number of carbonyl (C=O) groups excluding carboxylic acids is 2. The number of fused-ring (bicyclic) bond motifs is 3. The summed E-state index contributed by atoms with van der Waals surface area (Å²) in [4.78, 5) is 24.4. The van der Waals surface area contributed by atoms with Crippen molar-refractivity contribution in [2.24, 2.45) is 11.8 Å². The lowest BCUT2D eigenvalue weighted by molar-refractivity contribution is -0.118. The zero-order chi connectivity index (χ0) is 19.7. The summed E-state index contributed by atoms with van der Waals surface area (Å²) in [6, 6.07) is 16.4. The van der Waals surface area contributed by atoms with Crippen LogP contribution in [-0.4, -0.2) is 18.5 Å². The number of nitrogens with one attached hydrogen (secondary N) is 1. The molecule has 0 heterocycles. The molecule has 0 bridgehead atoms. The van der Waals surface area contributed by atoms with Gasteiger partial charge in [-0.3, -0.25) is 10.1 Å². The Kier molecular flexibility index (Phi) is 4.86. The van der Waals surface area contributed by atoms with Gasteiger partial charge in [0.25, 0.3) is 0 Å². The van der Waals surface area contributed by atoms with Crippen LogP contribution >= 0.6 is 0 Å². The van der Waals surface area contributed by atoms with Crippen LogP contribution in [0.4, 0.5) is 4.79 Å². The third kappa shape index (κ3) is 3.38. The summed E-state index contributed by atoms with van der Waals surface area (Å²) in [5, 5.41) is 2.67. The minimum Gasteiger partial charge on any atom is -0.448 e. The second kappa shape index (κ2) is 7.47. The number of benzene rings is 2. The average Bonchev–Trinajstić information content (AvgIpc) is 3.00. The number of allylic oxidation sites excluding steroid dienone is 3.